The largest absolute Gasteiger partial charge is 0.315 e. The van der Waals surface area contributed by atoms with Gasteiger partial charge in [0, 0.05) is 63.3 Å². The first kappa shape index (κ1) is 20.9. The minimum Gasteiger partial charge on any atom is -0.315 e. The minimum atomic E-state index is 0.706. The molecule has 5 heteroatoms. The van der Waals surface area contributed by atoms with Crippen LogP contribution in [0.2, 0.25) is 0 Å². The Kier molecular flexibility index (Phi) is 4.45. The first-order valence-corrected chi connectivity index (χ1v) is 12.6. The van der Waals surface area contributed by atoms with Crippen molar-refractivity contribution in [3.05, 3.63) is 128 Å². The summed E-state index contributed by atoms with van der Waals surface area (Å²) in [6, 6.07) is 36.3. The Balaban J connectivity index is 1.37. The van der Waals surface area contributed by atoms with E-state index in [-0.39, 0.29) is 0 Å². The highest BCUT2D eigenvalue weighted by Gasteiger charge is 2.18. The molecule has 0 unspecified atom stereocenters. The molecule has 178 valence electrons. The van der Waals surface area contributed by atoms with E-state index in [9.17, 15) is 0 Å². The summed E-state index contributed by atoms with van der Waals surface area (Å²) in [5.74, 6) is 0.706. The average molecular weight is 488 g/mol. The van der Waals surface area contributed by atoms with E-state index in [1.54, 1.807) is 12.4 Å². The number of para-hydroxylation sites is 2. The van der Waals surface area contributed by atoms with Gasteiger partial charge in [0.2, 0.25) is 0 Å². The van der Waals surface area contributed by atoms with E-state index >= 15 is 0 Å². The van der Waals surface area contributed by atoms with E-state index in [1.165, 1.54) is 32.7 Å². The third kappa shape index (κ3) is 3.09. The first-order chi connectivity index (χ1) is 18.8. The summed E-state index contributed by atoms with van der Waals surface area (Å²) in [5.41, 5.74) is 7.67. The van der Waals surface area contributed by atoms with Crippen LogP contribution in [-0.2, 0) is 0 Å². The summed E-state index contributed by atoms with van der Waals surface area (Å²) in [4.78, 5) is 13.5. The average Bonchev–Trinajstić information content (AvgIpc) is 3.57. The molecular weight excluding hydrogens is 466 g/mol. The summed E-state index contributed by atoms with van der Waals surface area (Å²) in [6.45, 7) is 0. The van der Waals surface area contributed by atoms with E-state index in [0.717, 1.165) is 27.8 Å². The van der Waals surface area contributed by atoms with Gasteiger partial charge in [-0.05, 0) is 54.6 Å². The van der Waals surface area contributed by atoms with Gasteiger partial charge in [0.1, 0.15) is 0 Å². The fourth-order valence-corrected chi connectivity index (χ4v) is 5.52. The quantitative estimate of drug-likeness (QED) is 0.256. The normalized spacial score (nSPS) is 11.7. The molecule has 0 radical (unpaired) electrons. The molecule has 0 N–H and O–H groups in total. The van der Waals surface area contributed by atoms with Crippen LogP contribution in [0.3, 0.4) is 0 Å². The van der Waals surface area contributed by atoms with Crippen molar-refractivity contribution in [2.45, 2.75) is 0 Å². The van der Waals surface area contributed by atoms with Crippen LogP contribution in [-0.4, -0.2) is 24.1 Å². The fourth-order valence-electron chi connectivity index (χ4n) is 5.52. The Bertz CT molecular complexity index is 2120. The van der Waals surface area contributed by atoms with Gasteiger partial charge in [-0.1, -0.05) is 48.5 Å². The molecule has 5 nitrogen and oxygen atoms in total. The predicted molar refractivity (Wildman–Crippen MR) is 154 cm³/mol. The molecular formula is C33H21N5. The molecule has 0 saturated carbocycles. The second-order valence-corrected chi connectivity index (χ2v) is 9.45. The van der Waals surface area contributed by atoms with E-state index in [0.29, 0.717) is 5.82 Å². The summed E-state index contributed by atoms with van der Waals surface area (Å²) < 4.78 is 4.67. The van der Waals surface area contributed by atoms with Crippen molar-refractivity contribution in [2.75, 3.05) is 0 Å². The molecule has 0 aliphatic rings. The summed E-state index contributed by atoms with van der Waals surface area (Å²) >= 11 is 0. The highest BCUT2D eigenvalue weighted by Crippen LogP contribution is 2.38. The molecule has 8 aromatic rings. The SMILES string of the molecule is c1ccc(-n2ccc3ccc4c5ccccc5n(-c5ccc(-c6ncc7cnccc7n6)cc5)c4c32)cc1. The maximum absolute atomic E-state index is 4.76. The fraction of sp³-hybridized carbons (Fsp3) is 0. The number of aromatic nitrogens is 5. The molecule has 0 amide bonds. The van der Waals surface area contributed by atoms with Crippen LogP contribution in [0.25, 0.3) is 66.4 Å². The zero-order valence-electron chi connectivity index (χ0n) is 20.4. The molecule has 0 aliphatic carbocycles. The summed E-state index contributed by atoms with van der Waals surface area (Å²) in [5, 5.41) is 4.62. The maximum atomic E-state index is 4.76. The lowest BCUT2D eigenvalue weighted by molar-refractivity contribution is 1.11. The van der Waals surface area contributed by atoms with Crippen molar-refractivity contribution in [1.29, 1.82) is 0 Å². The van der Waals surface area contributed by atoms with Crippen molar-refractivity contribution in [3.63, 3.8) is 0 Å². The van der Waals surface area contributed by atoms with Gasteiger partial charge in [-0.15, -0.1) is 0 Å². The van der Waals surface area contributed by atoms with Crippen LogP contribution in [0.15, 0.2) is 128 Å². The molecule has 0 aliphatic heterocycles. The zero-order chi connectivity index (χ0) is 25.1. The first-order valence-electron chi connectivity index (χ1n) is 12.6. The van der Waals surface area contributed by atoms with Gasteiger partial charge in [0.05, 0.1) is 22.1 Å². The maximum Gasteiger partial charge on any atom is 0.159 e. The third-order valence-corrected chi connectivity index (χ3v) is 7.28. The van der Waals surface area contributed by atoms with E-state index in [1.807, 2.05) is 12.3 Å². The summed E-state index contributed by atoms with van der Waals surface area (Å²) in [7, 11) is 0. The van der Waals surface area contributed by atoms with Crippen LogP contribution >= 0.6 is 0 Å². The van der Waals surface area contributed by atoms with Crippen molar-refractivity contribution in [2.24, 2.45) is 0 Å². The van der Waals surface area contributed by atoms with Gasteiger partial charge in [0.15, 0.2) is 5.82 Å². The molecule has 0 spiro atoms. The van der Waals surface area contributed by atoms with Crippen molar-refractivity contribution in [3.8, 4) is 22.8 Å². The molecule has 0 bridgehead atoms. The van der Waals surface area contributed by atoms with Crippen LogP contribution in [0.1, 0.15) is 0 Å². The Hall–Kier alpha value is -5.29. The van der Waals surface area contributed by atoms with Gasteiger partial charge in [0.25, 0.3) is 0 Å². The molecule has 38 heavy (non-hydrogen) atoms. The molecule has 4 heterocycles. The summed E-state index contributed by atoms with van der Waals surface area (Å²) in [6.07, 6.45) is 7.55. The smallest absolute Gasteiger partial charge is 0.159 e. The third-order valence-electron chi connectivity index (χ3n) is 7.28. The molecule has 0 saturated heterocycles. The number of nitrogens with zero attached hydrogens (tertiary/aromatic N) is 5. The second-order valence-electron chi connectivity index (χ2n) is 9.45. The van der Waals surface area contributed by atoms with E-state index in [4.69, 9.17) is 4.98 Å². The molecule has 4 aromatic heterocycles. The second kappa shape index (κ2) is 8.11. The molecule has 4 aromatic carbocycles. The lowest BCUT2D eigenvalue weighted by Crippen LogP contribution is -1.98. The Morgan fingerprint density at radius 3 is 2.32 bits per heavy atom. The zero-order valence-corrected chi connectivity index (χ0v) is 20.4. The number of pyridine rings is 1. The lowest BCUT2D eigenvalue weighted by atomic mass is 10.1. The standard InChI is InChI=1S/C33H21N5/c1-2-6-25(7-3-1)37-19-17-22-12-15-28-27-8-4-5-9-30(27)38(32(28)31(22)37)26-13-10-23(11-14-26)33-35-21-24-20-34-18-16-29(24)36-33/h1-21H. The van der Waals surface area contributed by atoms with Crippen molar-refractivity contribution >= 4 is 43.6 Å². The van der Waals surface area contributed by atoms with E-state index in [2.05, 4.69) is 122 Å². The molecule has 8 rings (SSSR count). The Morgan fingerprint density at radius 2 is 1.42 bits per heavy atom. The minimum absolute atomic E-state index is 0.706. The van der Waals surface area contributed by atoms with Crippen LogP contribution in [0.5, 0.6) is 0 Å². The van der Waals surface area contributed by atoms with Gasteiger partial charge in [-0.25, -0.2) is 9.97 Å². The number of benzene rings is 4. The highest BCUT2D eigenvalue weighted by molar-refractivity contribution is 6.18. The van der Waals surface area contributed by atoms with Crippen LogP contribution in [0, 0.1) is 0 Å². The monoisotopic (exact) mass is 487 g/mol. The Morgan fingerprint density at radius 1 is 0.579 bits per heavy atom. The van der Waals surface area contributed by atoms with Gasteiger partial charge >= 0.3 is 0 Å². The van der Waals surface area contributed by atoms with Gasteiger partial charge < -0.3 is 9.13 Å². The number of rotatable bonds is 3. The van der Waals surface area contributed by atoms with Crippen molar-refractivity contribution < 1.29 is 0 Å². The molecule has 0 atom stereocenters. The number of hydrogen-bond donors (Lipinski definition) is 0. The predicted octanol–water partition coefficient (Wildman–Crippen LogP) is 7.73. The van der Waals surface area contributed by atoms with Crippen LogP contribution < -0.4 is 0 Å². The van der Waals surface area contributed by atoms with Gasteiger partial charge in [-0.3, -0.25) is 4.98 Å². The van der Waals surface area contributed by atoms with Crippen molar-refractivity contribution in [1.82, 2.24) is 24.1 Å². The van der Waals surface area contributed by atoms with E-state index < -0.39 is 0 Å². The highest BCUT2D eigenvalue weighted by atomic mass is 15.0. The van der Waals surface area contributed by atoms with Gasteiger partial charge in [-0.2, -0.15) is 0 Å². The lowest BCUT2D eigenvalue weighted by Gasteiger charge is -2.12. The number of hydrogen-bond acceptors (Lipinski definition) is 3. The van der Waals surface area contributed by atoms with Crippen LogP contribution in [0.4, 0.5) is 0 Å². The molecule has 0 fully saturated rings. The Labute approximate surface area is 218 Å². The topological polar surface area (TPSA) is 48.5 Å². The number of fused-ring (bicyclic) bond motifs is 6.